The lowest BCUT2D eigenvalue weighted by atomic mass is 10.1. The highest BCUT2D eigenvalue weighted by Gasteiger charge is 2.59. The second-order valence-corrected chi connectivity index (χ2v) is 9.56. The second-order valence-electron chi connectivity index (χ2n) is 8.41. The highest BCUT2D eigenvalue weighted by molar-refractivity contribution is 7.99. The van der Waals surface area contributed by atoms with Gasteiger partial charge in [0.05, 0.1) is 6.04 Å². The quantitative estimate of drug-likeness (QED) is 0.616. The molecule has 0 N–H and O–H groups in total. The highest BCUT2D eigenvalue weighted by atomic mass is 32.2. The first-order valence-corrected chi connectivity index (χ1v) is 10.7. The summed E-state index contributed by atoms with van der Waals surface area (Å²) in [7, 11) is 0. The zero-order valence-corrected chi connectivity index (χ0v) is 17.7. The Morgan fingerprint density at radius 1 is 1.23 bits per heavy atom. The molecule has 3 unspecified atom stereocenters. The number of ether oxygens (including phenoxy) is 3. The standard InChI is InChI=1S/C19H33NO5S/c1-7-8-9-10-11-26-12-13-14-15(24-19(5,6)23-14)16(21)20(13)17(22)25-18(2,3)4/h13-15H,7-12H2,1-6H3. The van der Waals surface area contributed by atoms with E-state index >= 15 is 0 Å². The van der Waals surface area contributed by atoms with Crippen LogP contribution in [0.2, 0.25) is 0 Å². The van der Waals surface area contributed by atoms with Gasteiger partial charge in [-0.2, -0.15) is 11.8 Å². The predicted octanol–water partition coefficient (Wildman–Crippen LogP) is 3.97. The number of carbonyl (C=O) groups excluding carboxylic acids is 2. The monoisotopic (exact) mass is 387 g/mol. The summed E-state index contributed by atoms with van der Waals surface area (Å²) in [5, 5.41) is 0. The number of fused-ring (bicyclic) bond motifs is 1. The van der Waals surface area contributed by atoms with Gasteiger partial charge in [0.15, 0.2) is 11.9 Å². The number of nitrogens with zero attached hydrogens (tertiary/aromatic N) is 1. The van der Waals surface area contributed by atoms with Crippen LogP contribution < -0.4 is 0 Å². The lowest BCUT2D eigenvalue weighted by Crippen LogP contribution is -2.47. The molecule has 26 heavy (non-hydrogen) atoms. The zero-order valence-electron chi connectivity index (χ0n) is 16.9. The Kier molecular flexibility index (Phi) is 7.02. The van der Waals surface area contributed by atoms with Crippen LogP contribution in [0.4, 0.5) is 4.79 Å². The van der Waals surface area contributed by atoms with E-state index in [0.29, 0.717) is 5.75 Å². The number of hydrogen-bond donors (Lipinski definition) is 0. The maximum Gasteiger partial charge on any atom is 0.417 e. The minimum Gasteiger partial charge on any atom is -0.443 e. The lowest BCUT2D eigenvalue weighted by Gasteiger charge is -2.30. The van der Waals surface area contributed by atoms with Crippen molar-refractivity contribution in [1.29, 1.82) is 0 Å². The summed E-state index contributed by atoms with van der Waals surface area (Å²) in [4.78, 5) is 26.6. The van der Waals surface area contributed by atoms with Gasteiger partial charge in [-0.3, -0.25) is 4.79 Å². The van der Waals surface area contributed by atoms with Gasteiger partial charge in [-0.1, -0.05) is 26.2 Å². The van der Waals surface area contributed by atoms with Crippen molar-refractivity contribution in [3.05, 3.63) is 0 Å². The molecule has 2 aliphatic rings. The number of carbonyl (C=O) groups is 2. The first-order valence-electron chi connectivity index (χ1n) is 9.55. The molecule has 2 heterocycles. The van der Waals surface area contributed by atoms with Crippen LogP contribution >= 0.6 is 11.8 Å². The van der Waals surface area contributed by atoms with Gasteiger partial charge in [-0.25, -0.2) is 9.69 Å². The van der Waals surface area contributed by atoms with Gasteiger partial charge in [0.2, 0.25) is 0 Å². The summed E-state index contributed by atoms with van der Waals surface area (Å²) in [6.07, 6.45) is 3.01. The molecule has 2 saturated heterocycles. The molecule has 0 aromatic heterocycles. The van der Waals surface area contributed by atoms with Crippen molar-refractivity contribution in [2.24, 2.45) is 0 Å². The van der Waals surface area contributed by atoms with Gasteiger partial charge >= 0.3 is 6.09 Å². The van der Waals surface area contributed by atoms with E-state index in [4.69, 9.17) is 14.2 Å². The first-order chi connectivity index (χ1) is 12.1. The van der Waals surface area contributed by atoms with E-state index < -0.39 is 29.7 Å². The summed E-state index contributed by atoms with van der Waals surface area (Å²) < 4.78 is 17.2. The Labute approximate surface area is 161 Å². The van der Waals surface area contributed by atoms with Gasteiger partial charge in [-0.05, 0) is 46.8 Å². The van der Waals surface area contributed by atoms with Crippen LogP contribution in [0.1, 0.15) is 67.2 Å². The molecule has 0 saturated carbocycles. The molecule has 2 rings (SSSR count). The van der Waals surface area contributed by atoms with Crippen LogP contribution in [0.15, 0.2) is 0 Å². The average Bonchev–Trinajstić information content (AvgIpc) is 2.93. The Morgan fingerprint density at radius 3 is 2.54 bits per heavy atom. The Hall–Kier alpha value is -0.790. The van der Waals surface area contributed by atoms with Gasteiger partial charge in [0.25, 0.3) is 5.91 Å². The van der Waals surface area contributed by atoms with Crippen molar-refractivity contribution < 1.29 is 23.8 Å². The van der Waals surface area contributed by atoms with Gasteiger partial charge in [-0.15, -0.1) is 0 Å². The Morgan fingerprint density at radius 2 is 1.92 bits per heavy atom. The summed E-state index contributed by atoms with van der Waals surface area (Å²) in [5.74, 6) is 0.479. The average molecular weight is 388 g/mol. The number of likely N-dealkylation sites (tertiary alicyclic amines) is 1. The number of hydrogen-bond acceptors (Lipinski definition) is 6. The molecule has 7 heteroatoms. The number of imide groups is 1. The van der Waals surface area contributed by atoms with E-state index in [1.165, 1.54) is 24.2 Å². The molecule has 0 aromatic carbocycles. The number of rotatable bonds is 7. The molecular weight excluding hydrogens is 354 g/mol. The lowest BCUT2D eigenvalue weighted by molar-refractivity contribution is -0.170. The van der Waals surface area contributed by atoms with Crippen molar-refractivity contribution in [2.75, 3.05) is 11.5 Å². The topological polar surface area (TPSA) is 65.1 Å². The molecule has 3 atom stereocenters. The maximum atomic E-state index is 12.8. The van der Waals surface area contributed by atoms with Gasteiger partial charge in [0, 0.05) is 5.75 Å². The van der Waals surface area contributed by atoms with E-state index in [1.54, 1.807) is 46.4 Å². The summed E-state index contributed by atoms with van der Waals surface area (Å²) >= 11 is 1.75. The van der Waals surface area contributed by atoms with Crippen molar-refractivity contribution in [3.63, 3.8) is 0 Å². The fourth-order valence-electron chi connectivity index (χ4n) is 3.25. The fourth-order valence-corrected chi connectivity index (χ4v) is 4.40. The second kappa shape index (κ2) is 8.48. The molecule has 2 fully saturated rings. The molecule has 0 aliphatic carbocycles. The van der Waals surface area contributed by atoms with Crippen LogP contribution in [0.25, 0.3) is 0 Å². The molecule has 2 aliphatic heterocycles. The van der Waals surface area contributed by atoms with Crippen molar-refractivity contribution in [2.45, 2.75) is 96.9 Å². The third-order valence-electron chi connectivity index (χ3n) is 4.34. The van der Waals surface area contributed by atoms with Crippen LogP contribution in [-0.2, 0) is 19.0 Å². The van der Waals surface area contributed by atoms with Gasteiger partial charge in [0.1, 0.15) is 11.7 Å². The molecule has 2 amide bonds. The summed E-state index contributed by atoms with van der Waals surface area (Å²) in [6, 6.07) is -0.361. The molecule has 0 aromatic rings. The van der Waals surface area contributed by atoms with E-state index in [1.807, 2.05) is 0 Å². The minimum atomic E-state index is -0.810. The summed E-state index contributed by atoms with van der Waals surface area (Å²) in [5.41, 5.74) is -0.659. The SMILES string of the molecule is CCCCCCSCC1C2OC(C)(C)OC2C(=O)N1C(=O)OC(C)(C)C. The minimum absolute atomic E-state index is 0.355. The smallest absolute Gasteiger partial charge is 0.417 e. The number of thioether (sulfide) groups is 1. The normalized spacial score (nSPS) is 27.7. The first kappa shape index (κ1) is 21.5. The van der Waals surface area contributed by atoms with Crippen molar-refractivity contribution >= 4 is 23.8 Å². The fraction of sp³-hybridized carbons (Fsp3) is 0.895. The van der Waals surface area contributed by atoms with Gasteiger partial charge < -0.3 is 14.2 Å². The van der Waals surface area contributed by atoms with Crippen LogP contribution in [-0.4, -0.2) is 58.0 Å². The van der Waals surface area contributed by atoms with Crippen LogP contribution in [0, 0.1) is 0 Å². The molecular formula is C19H33NO5S. The molecule has 0 radical (unpaired) electrons. The third-order valence-corrected chi connectivity index (χ3v) is 5.50. The van der Waals surface area contributed by atoms with Crippen molar-refractivity contribution in [3.8, 4) is 0 Å². The van der Waals surface area contributed by atoms with Crippen LogP contribution in [0.3, 0.4) is 0 Å². The molecule has 0 spiro atoms. The van der Waals surface area contributed by atoms with E-state index in [2.05, 4.69) is 6.92 Å². The largest absolute Gasteiger partial charge is 0.443 e. The molecule has 6 nitrogen and oxygen atoms in total. The van der Waals surface area contributed by atoms with E-state index in [0.717, 1.165) is 12.2 Å². The van der Waals surface area contributed by atoms with Crippen molar-refractivity contribution in [1.82, 2.24) is 4.90 Å². The zero-order chi connectivity index (χ0) is 19.5. The van der Waals surface area contributed by atoms with E-state index in [9.17, 15) is 9.59 Å². The Bertz CT molecular complexity index is 517. The maximum absolute atomic E-state index is 12.8. The Balaban J connectivity index is 2.04. The number of amides is 2. The van der Waals surface area contributed by atoms with E-state index in [-0.39, 0.29) is 11.9 Å². The highest BCUT2D eigenvalue weighted by Crippen LogP contribution is 2.39. The summed E-state index contributed by atoms with van der Waals surface area (Å²) in [6.45, 7) is 11.2. The predicted molar refractivity (Wildman–Crippen MR) is 102 cm³/mol. The molecule has 0 bridgehead atoms. The molecule has 150 valence electrons. The third kappa shape index (κ3) is 5.36. The van der Waals surface area contributed by atoms with Crippen LogP contribution in [0.5, 0.6) is 0 Å². The number of unbranched alkanes of at least 4 members (excludes halogenated alkanes) is 3.